The summed E-state index contributed by atoms with van der Waals surface area (Å²) in [6.07, 6.45) is -1.07. The van der Waals surface area contributed by atoms with Crippen LogP contribution in [0.5, 0.6) is 0 Å². The number of rotatable bonds is 3. The molecule has 1 rings (SSSR count). The van der Waals surface area contributed by atoms with E-state index in [4.69, 9.17) is 10.5 Å². The maximum absolute atomic E-state index is 11.6. The Morgan fingerprint density at radius 1 is 1.47 bits per heavy atom. The van der Waals surface area contributed by atoms with Gasteiger partial charge in [-0.2, -0.15) is 0 Å². The second-order valence-corrected chi connectivity index (χ2v) is 4.25. The summed E-state index contributed by atoms with van der Waals surface area (Å²) < 4.78 is 4.89. The van der Waals surface area contributed by atoms with Crippen molar-refractivity contribution in [3.05, 3.63) is 21.9 Å². The lowest BCUT2D eigenvalue weighted by Crippen LogP contribution is -2.42. The Morgan fingerprint density at radius 2 is 2.12 bits per heavy atom. The lowest BCUT2D eigenvalue weighted by Gasteiger charge is -2.11. The van der Waals surface area contributed by atoms with Crippen LogP contribution in [-0.4, -0.2) is 24.0 Å². The number of esters is 1. The van der Waals surface area contributed by atoms with Gasteiger partial charge in [0, 0.05) is 0 Å². The van der Waals surface area contributed by atoms with E-state index in [1.807, 2.05) is 5.32 Å². The number of nitrogens with one attached hydrogen (secondary N) is 1. The van der Waals surface area contributed by atoms with Crippen molar-refractivity contribution < 1.29 is 19.1 Å². The lowest BCUT2D eigenvalue weighted by molar-refractivity contribution is -0.127. The van der Waals surface area contributed by atoms with Crippen LogP contribution in [0.15, 0.2) is 11.4 Å². The van der Waals surface area contributed by atoms with Crippen molar-refractivity contribution in [1.29, 1.82) is 0 Å². The fourth-order valence-electron chi connectivity index (χ4n) is 1.07. The number of thiophene rings is 1. The molecule has 0 aliphatic rings. The van der Waals surface area contributed by atoms with Crippen molar-refractivity contribution in [2.45, 2.75) is 20.0 Å². The van der Waals surface area contributed by atoms with E-state index < -0.39 is 24.0 Å². The number of imide groups is 1. The van der Waals surface area contributed by atoms with Crippen molar-refractivity contribution in [2.75, 3.05) is 0 Å². The molecule has 1 atom stereocenters. The molecule has 3 amide bonds. The highest BCUT2D eigenvalue weighted by Gasteiger charge is 2.21. The number of hydrogen-bond acceptors (Lipinski definition) is 5. The van der Waals surface area contributed by atoms with Crippen LogP contribution in [0.1, 0.15) is 22.2 Å². The zero-order chi connectivity index (χ0) is 13.0. The molecule has 7 heteroatoms. The molecule has 0 bridgehead atoms. The smallest absolute Gasteiger partial charge is 0.349 e. The Kier molecular flexibility index (Phi) is 4.22. The summed E-state index contributed by atoms with van der Waals surface area (Å²) in [5.41, 5.74) is 5.55. The van der Waals surface area contributed by atoms with E-state index in [1.165, 1.54) is 18.3 Å². The van der Waals surface area contributed by atoms with Crippen molar-refractivity contribution >= 4 is 29.2 Å². The third-order valence-corrected chi connectivity index (χ3v) is 2.94. The molecule has 0 radical (unpaired) electrons. The van der Waals surface area contributed by atoms with Gasteiger partial charge in [-0.25, -0.2) is 9.59 Å². The first kappa shape index (κ1) is 13.2. The second kappa shape index (κ2) is 5.44. The summed E-state index contributed by atoms with van der Waals surface area (Å²) in [4.78, 5) is 33.7. The van der Waals surface area contributed by atoms with Crippen LogP contribution in [0.4, 0.5) is 4.79 Å². The predicted molar refractivity (Wildman–Crippen MR) is 61.7 cm³/mol. The lowest BCUT2D eigenvalue weighted by atomic mass is 10.3. The molecule has 0 saturated carbocycles. The second-order valence-electron chi connectivity index (χ2n) is 3.33. The Labute approximate surface area is 102 Å². The third kappa shape index (κ3) is 3.56. The van der Waals surface area contributed by atoms with E-state index in [2.05, 4.69) is 0 Å². The minimum absolute atomic E-state index is 0.434. The van der Waals surface area contributed by atoms with Gasteiger partial charge in [-0.3, -0.25) is 10.1 Å². The first-order valence-electron chi connectivity index (χ1n) is 4.77. The van der Waals surface area contributed by atoms with Gasteiger partial charge in [0.1, 0.15) is 4.88 Å². The summed E-state index contributed by atoms with van der Waals surface area (Å²) in [6.45, 7) is 3.13. The fraction of sp³-hybridized carbons (Fsp3) is 0.300. The molecule has 6 nitrogen and oxygen atoms in total. The number of carbonyl (C=O) groups excluding carboxylic acids is 3. The summed E-state index contributed by atoms with van der Waals surface area (Å²) in [5, 5.41) is 3.58. The van der Waals surface area contributed by atoms with Gasteiger partial charge in [-0.1, -0.05) is 0 Å². The molecule has 0 saturated heterocycles. The summed E-state index contributed by atoms with van der Waals surface area (Å²) in [5.74, 6) is -1.34. The van der Waals surface area contributed by atoms with Crippen LogP contribution in [-0.2, 0) is 9.53 Å². The molecule has 1 aromatic rings. The van der Waals surface area contributed by atoms with Crippen LogP contribution in [0.25, 0.3) is 0 Å². The highest BCUT2D eigenvalue weighted by molar-refractivity contribution is 7.12. The van der Waals surface area contributed by atoms with Gasteiger partial charge < -0.3 is 10.5 Å². The zero-order valence-corrected chi connectivity index (χ0v) is 10.2. The average molecular weight is 256 g/mol. The largest absolute Gasteiger partial charge is 0.448 e. The molecular formula is C10H12N2O4S. The Hall–Kier alpha value is -1.89. The maximum Gasteiger partial charge on any atom is 0.349 e. The number of urea groups is 1. The zero-order valence-electron chi connectivity index (χ0n) is 9.35. The van der Waals surface area contributed by atoms with Crippen molar-refractivity contribution in [2.24, 2.45) is 5.73 Å². The molecule has 92 valence electrons. The van der Waals surface area contributed by atoms with Crippen molar-refractivity contribution in [1.82, 2.24) is 5.32 Å². The van der Waals surface area contributed by atoms with Gasteiger partial charge in [-0.05, 0) is 30.9 Å². The molecule has 0 aliphatic carbocycles. The van der Waals surface area contributed by atoms with E-state index in [0.29, 0.717) is 4.88 Å². The number of ether oxygens (including phenoxy) is 1. The fourth-order valence-corrected chi connectivity index (χ4v) is 1.88. The van der Waals surface area contributed by atoms with E-state index in [1.54, 1.807) is 18.4 Å². The van der Waals surface area contributed by atoms with Crippen LogP contribution < -0.4 is 11.1 Å². The maximum atomic E-state index is 11.6. The van der Waals surface area contributed by atoms with Gasteiger partial charge in [0.2, 0.25) is 0 Å². The topological polar surface area (TPSA) is 98.5 Å². The van der Waals surface area contributed by atoms with Gasteiger partial charge in [0.25, 0.3) is 5.91 Å². The summed E-state index contributed by atoms with van der Waals surface area (Å²) in [6, 6.07) is 0.792. The van der Waals surface area contributed by atoms with Crippen LogP contribution in [0.3, 0.4) is 0 Å². The SMILES string of the molecule is Cc1ccsc1C(=O)O[C@@H](C)C(=O)NC(N)=O. The Bertz CT molecular complexity index is 455. The van der Waals surface area contributed by atoms with Crippen LogP contribution in [0.2, 0.25) is 0 Å². The molecule has 3 N–H and O–H groups in total. The normalized spacial score (nSPS) is 11.6. The van der Waals surface area contributed by atoms with Gasteiger partial charge in [0.15, 0.2) is 6.10 Å². The minimum atomic E-state index is -1.07. The number of carbonyl (C=O) groups is 3. The first-order valence-corrected chi connectivity index (χ1v) is 5.65. The van der Waals surface area contributed by atoms with E-state index in [9.17, 15) is 14.4 Å². The average Bonchev–Trinajstić information content (AvgIpc) is 2.63. The Balaban J connectivity index is 2.60. The molecule has 0 aliphatic heterocycles. The number of hydrogen-bond donors (Lipinski definition) is 2. The monoisotopic (exact) mass is 256 g/mol. The molecule has 1 aromatic heterocycles. The molecule has 0 spiro atoms. The third-order valence-electron chi connectivity index (χ3n) is 1.95. The van der Waals surface area contributed by atoms with Gasteiger partial charge >= 0.3 is 12.0 Å². The minimum Gasteiger partial charge on any atom is -0.448 e. The number of primary amides is 1. The summed E-state index contributed by atoms with van der Waals surface area (Å²) >= 11 is 1.23. The van der Waals surface area contributed by atoms with Crippen molar-refractivity contribution in [3.8, 4) is 0 Å². The molecule has 0 unspecified atom stereocenters. The first-order chi connectivity index (χ1) is 7.91. The number of aryl methyl sites for hydroxylation is 1. The number of amides is 3. The predicted octanol–water partition coefficient (Wildman–Crippen LogP) is 0.797. The summed E-state index contributed by atoms with van der Waals surface area (Å²) in [7, 11) is 0. The van der Waals surface area contributed by atoms with Crippen molar-refractivity contribution in [3.63, 3.8) is 0 Å². The molecule has 0 aromatic carbocycles. The standard InChI is InChI=1S/C10H12N2O4S/c1-5-3-4-17-7(5)9(14)16-6(2)8(13)12-10(11)15/h3-4,6H,1-2H3,(H3,11,12,13,15)/t6-/m0/s1. The molecule has 0 fully saturated rings. The number of nitrogens with two attached hydrogens (primary N) is 1. The van der Waals surface area contributed by atoms with E-state index in [-0.39, 0.29) is 0 Å². The van der Waals surface area contributed by atoms with Gasteiger partial charge in [-0.15, -0.1) is 11.3 Å². The van der Waals surface area contributed by atoms with E-state index >= 15 is 0 Å². The van der Waals surface area contributed by atoms with Crippen LogP contribution >= 0.6 is 11.3 Å². The molecular weight excluding hydrogens is 244 g/mol. The molecule has 17 heavy (non-hydrogen) atoms. The molecule has 1 heterocycles. The highest BCUT2D eigenvalue weighted by Crippen LogP contribution is 2.17. The Morgan fingerprint density at radius 3 is 2.59 bits per heavy atom. The van der Waals surface area contributed by atoms with E-state index in [0.717, 1.165) is 5.56 Å². The van der Waals surface area contributed by atoms with Crippen LogP contribution in [0, 0.1) is 6.92 Å². The van der Waals surface area contributed by atoms with Gasteiger partial charge in [0.05, 0.1) is 0 Å². The quantitative estimate of drug-likeness (QED) is 0.781. The highest BCUT2D eigenvalue weighted by atomic mass is 32.1.